The Bertz CT molecular complexity index is 1840. The first kappa shape index (κ1) is 26.3. The minimum atomic E-state index is 0.270. The molecule has 0 amide bonds. The van der Waals surface area contributed by atoms with E-state index < -0.39 is 0 Å². The van der Waals surface area contributed by atoms with E-state index in [-0.39, 0.29) is 11.8 Å². The number of imidazole rings is 1. The summed E-state index contributed by atoms with van der Waals surface area (Å²) in [6.45, 7) is 9.03. The predicted octanol–water partition coefficient (Wildman–Crippen LogP) is 10.1. The Kier molecular flexibility index (Phi) is 7.00. The van der Waals surface area contributed by atoms with Crippen molar-refractivity contribution in [2.75, 3.05) is 0 Å². The summed E-state index contributed by atoms with van der Waals surface area (Å²) in [5.74, 6) is 1.43. The molecule has 3 heteroatoms. The summed E-state index contributed by atoms with van der Waals surface area (Å²) in [6.07, 6.45) is 0. The van der Waals surface area contributed by atoms with Crippen molar-refractivity contribution < 1.29 is 0 Å². The fourth-order valence-electron chi connectivity index (χ4n) is 5.62. The quantitative estimate of drug-likeness (QED) is 0.214. The molecule has 0 spiro atoms. The molecule has 0 aliphatic heterocycles. The van der Waals surface area contributed by atoms with Crippen molar-refractivity contribution in [3.8, 4) is 45.4 Å². The van der Waals surface area contributed by atoms with Crippen LogP contribution in [0.2, 0.25) is 0 Å². The van der Waals surface area contributed by atoms with Crippen LogP contribution < -0.4 is 0 Å². The van der Waals surface area contributed by atoms with Crippen molar-refractivity contribution in [1.29, 1.82) is 5.26 Å². The van der Waals surface area contributed by atoms with Crippen LogP contribution in [-0.2, 0) is 0 Å². The van der Waals surface area contributed by atoms with Gasteiger partial charge in [0, 0.05) is 5.56 Å². The molecule has 0 aliphatic rings. The van der Waals surface area contributed by atoms with E-state index >= 15 is 0 Å². The second-order valence-corrected chi connectivity index (χ2v) is 11.2. The largest absolute Gasteiger partial charge is 0.292 e. The topological polar surface area (TPSA) is 41.6 Å². The minimum absolute atomic E-state index is 0.270. The second kappa shape index (κ2) is 10.9. The van der Waals surface area contributed by atoms with Gasteiger partial charge in [-0.25, -0.2) is 4.98 Å². The molecule has 41 heavy (non-hydrogen) atoms. The smallest absolute Gasteiger partial charge is 0.145 e. The van der Waals surface area contributed by atoms with Gasteiger partial charge in [0.1, 0.15) is 5.82 Å². The van der Waals surface area contributed by atoms with Gasteiger partial charge in [0.05, 0.1) is 28.4 Å². The van der Waals surface area contributed by atoms with E-state index in [1.165, 1.54) is 33.4 Å². The van der Waals surface area contributed by atoms with Gasteiger partial charge in [-0.05, 0) is 75.5 Å². The maximum atomic E-state index is 9.74. The zero-order chi connectivity index (χ0) is 28.5. The van der Waals surface area contributed by atoms with Crippen molar-refractivity contribution in [3.05, 3.63) is 132 Å². The SMILES string of the molecule is CC(C)c1cc(-c2ccc(-c3ccccc3)cc2)cc(C(C)C)c1-n1c(-c2ccccc2)nc2ccc(C#N)cc21. The highest BCUT2D eigenvalue weighted by Gasteiger charge is 2.23. The number of benzene rings is 5. The average molecular weight is 532 g/mol. The molecule has 0 bridgehead atoms. The molecule has 0 radical (unpaired) electrons. The van der Waals surface area contributed by atoms with Crippen LogP contribution in [0.25, 0.3) is 50.4 Å². The molecular weight excluding hydrogens is 498 g/mol. The average Bonchev–Trinajstić information content (AvgIpc) is 3.39. The summed E-state index contributed by atoms with van der Waals surface area (Å²) in [5.41, 5.74) is 12.0. The molecule has 0 saturated heterocycles. The summed E-state index contributed by atoms with van der Waals surface area (Å²) in [5, 5.41) is 9.74. The molecule has 3 nitrogen and oxygen atoms in total. The third-order valence-electron chi connectivity index (χ3n) is 7.78. The van der Waals surface area contributed by atoms with Gasteiger partial charge in [-0.3, -0.25) is 4.57 Å². The molecule has 6 aromatic rings. The normalized spacial score (nSPS) is 11.3. The fraction of sp³-hybridized carbons (Fsp3) is 0.158. The van der Waals surface area contributed by atoms with Crippen LogP contribution in [-0.4, -0.2) is 9.55 Å². The Hall–Kier alpha value is -4.94. The molecule has 0 aliphatic carbocycles. The van der Waals surface area contributed by atoms with E-state index in [0.29, 0.717) is 5.56 Å². The van der Waals surface area contributed by atoms with E-state index in [2.05, 4.69) is 123 Å². The van der Waals surface area contributed by atoms with Crippen molar-refractivity contribution in [1.82, 2.24) is 9.55 Å². The highest BCUT2D eigenvalue weighted by atomic mass is 15.1. The molecule has 6 rings (SSSR count). The molecule has 1 aromatic heterocycles. The first-order chi connectivity index (χ1) is 19.9. The van der Waals surface area contributed by atoms with Gasteiger partial charge in [-0.2, -0.15) is 5.26 Å². The Morgan fingerprint density at radius 3 is 1.63 bits per heavy atom. The Morgan fingerprint density at radius 2 is 1.10 bits per heavy atom. The van der Waals surface area contributed by atoms with Crippen molar-refractivity contribution in [2.45, 2.75) is 39.5 Å². The molecule has 0 saturated carbocycles. The van der Waals surface area contributed by atoms with Gasteiger partial charge in [-0.1, -0.05) is 113 Å². The first-order valence-electron chi connectivity index (χ1n) is 14.3. The summed E-state index contributed by atoms with van der Waals surface area (Å²) < 4.78 is 2.29. The van der Waals surface area contributed by atoms with Gasteiger partial charge >= 0.3 is 0 Å². The van der Waals surface area contributed by atoms with Crippen LogP contribution >= 0.6 is 0 Å². The summed E-state index contributed by atoms with van der Waals surface area (Å²) in [6, 6.07) is 42.5. The Morgan fingerprint density at radius 1 is 0.585 bits per heavy atom. The summed E-state index contributed by atoms with van der Waals surface area (Å²) >= 11 is 0. The van der Waals surface area contributed by atoms with Crippen molar-refractivity contribution >= 4 is 11.0 Å². The van der Waals surface area contributed by atoms with Crippen LogP contribution in [0.1, 0.15) is 56.2 Å². The van der Waals surface area contributed by atoms with E-state index in [4.69, 9.17) is 4.98 Å². The molecule has 200 valence electrons. The molecule has 1 heterocycles. The first-order valence-corrected chi connectivity index (χ1v) is 14.3. The molecule has 5 aromatic carbocycles. The minimum Gasteiger partial charge on any atom is -0.292 e. The lowest BCUT2D eigenvalue weighted by Gasteiger charge is -2.24. The Labute approximate surface area is 242 Å². The third-order valence-corrected chi connectivity index (χ3v) is 7.78. The number of nitriles is 1. The zero-order valence-electron chi connectivity index (χ0n) is 24.0. The number of fused-ring (bicyclic) bond motifs is 1. The van der Waals surface area contributed by atoms with Gasteiger partial charge < -0.3 is 0 Å². The molecular formula is C38H33N3. The van der Waals surface area contributed by atoms with Crippen molar-refractivity contribution in [3.63, 3.8) is 0 Å². The molecule has 0 fully saturated rings. The van der Waals surface area contributed by atoms with Crippen LogP contribution in [0.15, 0.2) is 115 Å². The maximum Gasteiger partial charge on any atom is 0.145 e. The van der Waals surface area contributed by atoms with E-state index in [1.807, 2.05) is 30.3 Å². The highest BCUT2D eigenvalue weighted by molar-refractivity contribution is 5.86. The van der Waals surface area contributed by atoms with Gasteiger partial charge in [0.25, 0.3) is 0 Å². The lowest BCUT2D eigenvalue weighted by atomic mass is 9.87. The monoisotopic (exact) mass is 531 g/mol. The fourth-order valence-corrected chi connectivity index (χ4v) is 5.62. The van der Waals surface area contributed by atoms with Gasteiger partial charge in [0.2, 0.25) is 0 Å². The van der Waals surface area contributed by atoms with E-state index in [9.17, 15) is 5.26 Å². The zero-order valence-corrected chi connectivity index (χ0v) is 24.0. The molecule has 0 unspecified atom stereocenters. The lowest BCUT2D eigenvalue weighted by Crippen LogP contribution is -2.09. The third kappa shape index (κ3) is 4.94. The van der Waals surface area contributed by atoms with Crippen LogP contribution in [0.5, 0.6) is 0 Å². The van der Waals surface area contributed by atoms with E-state index in [1.54, 1.807) is 0 Å². The second-order valence-electron chi connectivity index (χ2n) is 11.2. The molecule has 0 N–H and O–H groups in total. The number of aromatic nitrogens is 2. The van der Waals surface area contributed by atoms with E-state index in [0.717, 1.165) is 28.1 Å². The summed E-state index contributed by atoms with van der Waals surface area (Å²) in [4.78, 5) is 5.11. The Balaban J connectivity index is 1.60. The van der Waals surface area contributed by atoms with Gasteiger partial charge in [0.15, 0.2) is 0 Å². The number of nitrogens with zero attached hydrogens (tertiary/aromatic N) is 3. The number of hydrogen-bond donors (Lipinski definition) is 0. The van der Waals surface area contributed by atoms with Gasteiger partial charge in [-0.15, -0.1) is 0 Å². The maximum absolute atomic E-state index is 9.74. The van der Waals surface area contributed by atoms with Crippen molar-refractivity contribution in [2.24, 2.45) is 0 Å². The number of rotatable bonds is 6. The highest BCUT2D eigenvalue weighted by Crippen LogP contribution is 2.40. The number of hydrogen-bond acceptors (Lipinski definition) is 2. The molecule has 0 atom stereocenters. The van der Waals surface area contributed by atoms with Crippen LogP contribution in [0.4, 0.5) is 0 Å². The van der Waals surface area contributed by atoms with Crippen LogP contribution in [0.3, 0.4) is 0 Å². The predicted molar refractivity (Wildman–Crippen MR) is 170 cm³/mol. The lowest BCUT2D eigenvalue weighted by molar-refractivity contribution is 0.811. The van der Waals surface area contributed by atoms with Crippen LogP contribution in [0, 0.1) is 11.3 Å². The summed E-state index contributed by atoms with van der Waals surface area (Å²) in [7, 11) is 0. The standard InChI is InChI=1S/C38H33N3/c1-25(2)33-22-32(30-18-16-29(17-19-30)28-11-7-5-8-12-28)23-34(26(3)4)37(33)41-36-21-27(24-39)15-20-35(36)40-38(41)31-13-9-6-10-14-31/h5-23,25-26H,1-4H3.